The number of para-hydroxylation sites is 2. The number of rotatable bonds is 4. The number of ether oxygens (including phenoxy) is 1. The minimum atomic E-state index is -0.517. The summed E-state index contributed by atoms with van der Waals surface area (Å²) < 4.78 is 5.26. The van der Waals surface area contributed by atoms with Crippen molar-refractivity contribution in [3.63, 3.8) is 0 Å². The molecular formula is C16H21N3O2. The van der Waals surface area contributed by atoms with Gasteiger partial charge in [0.05, 0.1) is 17.9 Å². The summed E-state index contributed by atoms with van der Waals surface area (Å²) in [6.45, 7) is 6.16. The number of amides is 1. The molecule has 1 heterocycles. The molecule has 112 valence electrons. The number of benzene rings is 1. The van der Waals surface area contributed by atoms with Crippen LogP contribution >= 0.6 is 0 Å². The lowest BCUT2D eigenvalue weighted by molar-refractivity contribution is 0.0636. The number of hydrogen-bond acceptors (Lipinski definition) is 3. The summed E-state index contributed by atoms with van der Waals surface area (Å²) >= 11 is 0. The zero-order chi connectivity index (χ0) is 15.3. The minimum absolute atomic E-state index is 0.461. The number of carbonyl (C=O) groups excluding carboxylic acids is 1. The molecule has 0 fully saturated rings. The third kappa shape index (κ3) is 4.87. The van der Waals surface area contributed by atoms with Crippen molar-refractivity contribution in [3.05, 3.63) is 48.3 Å². The fraction of sp³-hybridized carbons (Fsp3) is 0.312. The molecule has 0 bridgehead atoms. The molecule has 0 aliphatic rings. The standard InChI is InChI=1S/C16H21N3O2/c1-16(2,3)21-15(20)19-14-9-5-4-8-13(14)18-11-12-7-6-10-17-12/h4-10,17-18H,11H2,1-3H3,(H,19,20). The maximum absolute atomic E-state index is 11.8. The molecule has 2 rings (SSSR count). The highest BCUT2D eigenvalue weighted by Crippen LogP contribution is 2.22. The Balaban J connectivity index is 2.01. The number of aromatic nitrogens is 1. The van der Waals surface area contributed by atoms with Crippen molar-refractivity contribution in [1.82, 2.24) is 4.98 Å². The summed E-state index contributed by atoms with van der Waals surface area (Å²) in [5.74, 6) is 0. The van der Waals surface area contributed by atoms with Gasteiger partial charge >= 0.3 is 6.09 Å². The van der Waals surface area contributed by atoms with Crippen LogP contribution in [-0.2, 0) is 11.3 Å². The van der Waals surface area contributed by atoms with Gasteiger partial charge in [-0.1, -0.05) is 12.1 Å². The number of hydrogen-bond donors (Lipinski definition) is 3. The van der Waals surface area contributed by atoms with Gasteiger partial charge in [-0.25, -0.2) is 4.79 Å². The molecule has 21 heavy (non-hydrogen) atoms. The van der Waals surface area contributed by atoms with Crippen LogP contribution in [0.5, 0.6) is 0 Å². The molecule has 0 aliphatic heterocycles. The first-order valence-electron chi connectivity index (χ1n) is 6.89. The third-order valence-electron chi connectivity index (χ3n) is 2.69. The number of nitrogens with one attached hydrogen (secondary N) is 3. The Labute approximate surface area is 124 Å². The van der Waals surface area contributed by atoms with E-state index in [1.807, 2.05) is 63.4 Å². The zero-order valence-electron chi connectivity index (χ0n) is 12.6. The molecule has 0 atom stereocenters. The van der Waals surface area contributed by atoms with Crippen LogP contribution in [0, 0.1) is 0 Å². The summed E-state index contributed by atoms with van der Waals surface area (Å²) in [5.41, 5.74) is 2.09. The van der Waals surface area contributed by atoms with Gasteiger partial charge in [-0.05, 0) is 45.0 Å². The summed E-state index contributed by atoms with van der Waals surface area (Å²) in [5, 5.41) is 6.05. The smallest absolute Gasteiger partial charge is 0.412 e. The molecule has 5 nitrogen and oxygen atoms in total. The lowest BCUT2D eigenvalue weighted by Crippen LogP contribution is -2.27. The van der Waals surface area contributed by atoms with Gasteiger partial charge < -0.3 is 15.0 Å². The fourth-order valence-electron chi connectivity index (χ4n) is 1.83. The maximum atomic E-state index is 11.8. The van der Waals surface area contributed by atoms with Crippen molar-refractivity contribution in [2.24, 2.45) is 0 Å². The van der Waals surface area contributed by atoms with Crippen LogP contribution in [0.4, 0.5) is 16.2 Å². The Morgan fingerprint density at radius 2 is 1.86 bits per heavy atom. The second-order valence-electron chi connectivity index (χ2n) is 5.72. The second kappa shape index (κ2) is 6.35. The lowest BCUT2D eigenvalue weighted by Gasteiger charge is -2.20. The fourth-order valence-corrected chi connectivity index (χ4v) is 1.83. The van der Waals surface area contributed by atoms with E-state index < -0.39 is 11.7 Å². The molecule has 2 aromatic rings. The predicted molar refractivity (Wildman–Crippen MR) is 84.4 cm³/mol. The summed E-state index contributed by atoms with van der Waals surface area (Å²) in [4.78, 5) is 15.0. The number of anilines is 2. The molecule has 3 N–H and O–H groups in total. The number of carbonyl (C=O) groups is 1. The van der Waals surface area contributed by atoms with Crippen molar-refractivity contribution in [3.8, 4) is 0 Å². The maximum Gasteiger partial charge on any atom is 0.412 e. The second-order valence-corrected chi connectivity index (χ2v) is 5.72. The van der Waals surface area contributed by atoms with Gasteiger partial charge in [-0.15, -0.1) is 0 Å². The minimum Gasteiger partial charge on any atom is -0.444 e. The highest BCUT2D eigenvalue weighted by Gasteiger charge is 2.17. The quantitative estimate of drug-likeness (QED) is 0.797. The summed E-state index contributed by atoms with van der Waals surface area (Å²) in [6, 6.07) is 11.5. The first kappa shape index (κ1) is 15.0. The van der Waals surface area contributed by atoms with Crippen LogP contribution < -0.4 is 10.6 Å². The van der Waals surface area contributed by atoms with Crippen molar-refractivity contribution >= 4 is 17.5 Å². The van der Waals surface area contributed by atoms with Gasteiger partial charge in [0.2, 0.25) is 0 Å². The van der Waals surface area contributed by atoms with E-state index in [4.69, 9.17) is 4.74 Å². The average Bonchev–Trinajstić information content (AvgIpc) is 2.88. The van der Waals surface area contributed by atoms with Crippen LogP contribution in [0.25, 0.3) is 0 Å². The van der Waals surface area contributed by atoms with Crippen molar-refractivity contribution < 1.29 is 9.53 Å². The Bertz CT molecular complexity index is 586. The van der Waals surface area contributed by atoms with Gasteiger partial charge in [0, 0.05) is 11.9 Å². The highest BCUT2D eigenvalue weighted by atomic mass is 16.6. The Morgan fingerprint density at radius 1 is 1.14 bits per heavy atom. The molecule has 0 radical (unpaired) electrons. The van der Waals surface area contributed by atoms with Crippen LogP contribution in [0.3, 0.4) is 0 Å². The molecule has 0 saturated carbocycles. The summed E-state index contributed by atoms with van der Waals surface area (Å²) in [6.07, 6.45) is 1.42. The van der Waals surface area contributed by atoms with Crippen LogP contribution in [-0.4, -0.2) is 16.7 Å². The van der Waals surface area contributed by atoms with E-state index in [2.05, 4.69) is 15.6 Å². The van der Waals surface area contributed by atoms with Crippen molar-refractivity contribution in [2.75, 3.05) is 10.6 Å². The van der Waals surface area contributed by atoms with Gasteiger partial charge in [-0.3, -0.25) is 5.32 Å². The Morgan fingerprint density at radius 3 is 2.48 bits per heavy atom. The molecule has 0 aliphatic carbocycles. The number of aromatic amines is 1. The molecule has 1 aromatic carbocycles. The topological polar surface area (TPSA) is 66.2 Å². The predicted octanol–water partition coefficient (Wildman–Crippen LogP) is 3.97. The normalized spacial score (nSPS) is 11.0. The van der Waals surface area contributed by atoms with E-state index in [1.165, 1.54) is 0 Å². The zero-order valence-corrected chi connectivity index (χ0v) is 12.6. The molecule has 0 saturated heterocycles. The van der Waals surface area contributed by atoms with Crippen LogP contribution in [0.2, 0.25) is 0 Å². The SMILES string of the molecule is CC(C)(C)OC(=O)Nc1ccccc1NCc1ccc[nH]1. The Kier molecular flexibility index (Phi) is 4.52. The van der Waals surface area contributed by atoms with E-state index in [9.17, 15) is 4.79 Å². The lowest BCUT2D eigenvalue weighted by atomic mass is 10.2. The summed E-state index contributed by atoms with van der Waals surface area (Å²) in [7, 11) is 0. The first-order chi connectivity index (χ1) is 9.94. The Hall–Kier alpha value is -2.43. The molecule has 5 heteroatoms. The van der Waals surface area contributed by atoms with E-state index >= 15 is 0 Å². The van der Waals surface area contributed by atoms with Gasteiger partial charge in [0.25, 0.3) is 0 Å². The highest BCUT2D eigenvalue weighted by molar-refractivity contribution is 5.89. The van der Waals surface area contributed by atoms with Crippen molar-refractivity contribution in [2.45, 2.75) is 32.9 Å². The molecule has 0 spiro atoms. The van der Waals surface area contributed by atoms with E-state index in [0.29, 0.717) is 12.2 Å². The first-order valence-corrected chi connectivity index (χ1v) is 6.89. The van der Waals surface area contributed by atoms with Gasteiger partial charge in [-0.2, -0.15) is 0 Å². The molecule has 1 aromatic heterocycles. The van der Waals surface area contributed by atoms with Gasteiger partial charge in [0.15, 0.2) is 0 Å². The van der Waals surface area contributed by atoms with Gasteiger partial charge in [0.1, 0.15) is 5.60 Å². The third-order valence-corrected chi connectivity index (χ3v) is 2.69. The van der Waals surface area contributed by atoms with Crippen LogP contribution in [0.15, 0.2) is 42.6 Å². The molecule has 1 amide bonds. The largest absolute Gasteiger partial charge is 0.444 e. The number of H-pyrrole nitrogens is 1. The van der Waals surface area contributed by atoms with E-state index in [1.54, 1.807) is 0 Å². The van der Waals surface area contributed by atoms with Crippen molar-refractivity contribution in [1.29, 1.82) is 0 Å². The average molecular weight is 287 g/mol. The van der Waals surface area contributed by atoms with E-state index in [-0.39, 0.29) is 0 Å². The monoisotopic (exact) mass is 287 g/mol. The van der Waals surface area contributed by atoms with E-state index in [0.717, 1.165) is 11.4 Å². The molecular weight excluding hydrogens is 266 g/mol. The molecule has 0 unspecified atom stereocenters. The van der Waals surface area contributed by atoms with Crippen LogP contribution in [0.1, 0.15) is 26.5 Å².